The number of hydrogen-bond donors (Lipinski definition) is 1. The number of aromatic amines is 1. The van der Waals surface area contributed by atoms with Crippen LogP contribution >= 0.6 is 11.6 Å². The second-order valence-electron chi connectivity index (χ2n) is 5.04. The molecule has 0 saturated carbocycles. The summed E-state index contributed by atoms with van der Waals surface area (Å²) in [6, 6.07) is 13.0. The van der Waals surface area contributed by atoms with Crippen molar-refractivity contribution in [1.29, 1.82) is 0 Å². The topological polar surface area (TPSA) is 67.0 Å². The van der Waals surface area contributed by atoms with Gasteiger partial charge in [0.05, 0.1) is 10.6 Å². The lowest BCUT2D eigenvalue weighted by molar-refractivity contribution is 0.103. The molecule has 1 heterocycles. The Morgan fingerprint density at radius 1 is 1.05 bits per heavy atom. The zero-order chi connectivity index (χ0) is 15.9. The Balaban J connectivity index is 1.98. The van der Waals surface area contributed by atoms with Crippen LogP contribution < -0.4 is 0 Å². The number of rotatable bonds is 3. The van der Waals surface area contributed by atoms with Crippen LogP contribution in [0.5, 0.6) is 0 Å². The Labute approximate surface area is 132 Å². The third-order valence-corrected chi connectivity index (χ3v) is 4.74. The van der Waals surface area contributed by atoms with E-state index in [-0.39, 0.29) is 10.7 Å². The maximum Gasteiger partial charge on any atom is 0.209 e. The predicted molar refractivity (Wildman–Crippen MR) is 86.3 cm³/mol. The van der Waals surface area contributed by atoms with E-state index in [4.69, 9.17) is 11.6 Å². The fourth-order valence-electron chi connectivity index (χ4n) is 2.23. The number of sulfone groups is 1. The molecule has 0 unspecified atom stereocenters. The predicted octanol–water partition coefficient (Wildman–Crippen LogP) is 3.46. The second kappa shape index (κ2) is 5.26. The van der Waals surface area contributed by atoms with Crippen LogP contribution in [-0.2, 0) is 9.84 Å². The Kier molecular flexibility index (Phi) is 3.54. The lowest BCUT2D eigenvalue weighted by atomic mass is 10.1. The molecule has 0 atom stereocenters. The molecule has 0 aliphatic rings. The average molecular weight is 334 g/mol. The molecule has 22 heavy (non-hydrogen) atoms. The van der Waals surface area contributed by atoms with Crippen LogP contribution in [-0.4, -0.2) is 25.4 Å². The maximum atomic E-state index is 12.4. The fourth-order valence-corrected chi connectivity index (χ4v) is 3.03. The van der Waals surface area contributed by atoms with Crippen molar-refractivity contribution in [3.8, 4) is 0 Å². The average Bonchev–Trinajstić information content (AvgIpc) is 2.88. The van der Waals surface area contributed by atoms with Gasteiger partial charge in [0.2, 0.25) is 5.78 Å². The molecule has 0 saturated heterocycles. The minimum Gasteiger partial charge on any atom is -0.352 e. The van der Waals surface area contributed by atoms with Gasteiger partial charge in [-0.3, -0.25) is 4.79 Å². The molecular weight excluding hydrogens is 322 g/mol. The quantitative estimate of drug-likeness (QED) is 0.746. The van der Waals surface area contributed by atoms with E-state index in [1.54, 1.807) is 18.2 Å². The molecule has 0 aliphatic carbocycles. The van der Waals surface area contributed by atoms with E-state index in [1.165, 1.54) is 24.3 Å². The number of aromatic nitrogens is 1. The van der Waals surface area contributed by atoms with Crippen LogP contribution in [0.25, 0.3) is 10.9 Å². The minimum absolute atomic E-state index is 0.187. The summed E-state index contributed by atoms with van der Waals surface area (Å²) in [7, 11) is -3.27. The van der Waals surface area contributed by atoms with Crippen LogP contribution in [0.4, 0.5) is 0 Å². The molecule has 1 N–H and O–H groups in total. The number of benzene rings is 2. The van der Waals surface area contributed by atoms with Crippen molar-refractivity contribution in [2.75, 3.05) is 6.26 Å². The molecule has 4 nitrogen and oxygen atoms in total. The van der Waals surface area contributed by atoms with Gasteiger partial charge < -0.3 is 4.98 Å². The van der Waals surface area contributed by atoms with Crippen LogP contribution in [0.1, 0.15) is 16.1 Å². The number of hydrogen-bond acceptors (Lipinski definition) is 3. The van der Waals surface area contributed by atoms with Crippen molar-refractivity contribution < 1.29 is 13.2 Å². The summed E-state index contributed by atoms with van der Waals surface area (Å²) in [5, 5.41) is 1.48. The molecular formula is C16H12ClNO3S. The second-order valence-corrected chi connectivity index (χ2v) is 7.49. The zero-order valence-corrected chi connectivity index (χ0v) is 13.2. The zero-order valence-electron chi connectivity index (χ0n) is 11.6. The molecule has 1 aromatic heterocycles. The molecule has 0 amide bonds. The summed E-state index contributed by atoms with van der Waals surface area (Å²) in [5.74, 6) is -0.202. The summed E-state index contributed by atoms with van der Waals surface area (Å²) in [4.78, 5) is 15.7. The number of halogens is 1. The third-order valence-electron chi connectivity index (χ3n) is 3.37. The van der Waals surface area contributed by atoms with E-state index in [1.807, 2.05) is 6.07 Å². The highest BCUT2D eigenvalue weighted by molar-refractivity contribution is 7.90. The number of fused-ring (bicyclic) bond motifs is 1. The van der Waals surface area contributed by atoms with Gasteiger partial charge >= 0.3 is 0 Å². The summed E-state index contributed by atoms with van der Waals surface area (Å²) in [6.45, 7) is 0. The highest BCUT2D eigenvalue weighted by Gasteiger charge is 2.14. The monoisotopic (exact) mass is 333 g/mol. The van der Waals surface area contributed by atoms with Crippen LogP contribution in [0, 0.1) is 0 Å². The number of ketones is 1. The summed E-state index contributed by atoms with van der Waals surface area (Å²) >= 11 is 5.92. The molecule has 3 rings (SSSR count). The van der Waals surface area contributed by atoms with E-state index in [2.05, 4.69) is 4.98 Å². The van der Waals surface area contributed by atoms with Gasteiger partial charge in [0.15, 0.2) is 9.84 Å². The van der Waals surface area contributed by atoms with Crippen LogP contribution in [0.2, 0.25) is 5.02 Å². The molecule has 0 bridgehead atoms. The Bertz CT molecular complexity index is 972. The number of H-pyrrole nitrogens is 1. The maximum absolute atomic E-state index is 12.4. The van der Waals surface area contributed by atoms with Crippen molar-refractivity contribution in [2.45, 2.75) is 4.90 Å². The summed E-state index contributed by atoms with van der Waals surface area (Å²) < 4.78 is 22.9. The largest absolute Gasteiger partial charge is 0.352 e. The molecule has 0 aliphatic heterocycles. The highest BCUT2D eigenvalue weighted by Crippen LogP contribution is 2.22. The molecule has 0 spiro atoms. The SMILES string of the molecule is CS(=O)(=O)c1ccc(C(=O)c2cc3ccc(Cl)cc3[nH]2)cc1. The van der Waals surface area contributed by atoms with Crippen molar-refractivity contribution >= 4 is 38.1 Å². The van der Waals surface area contributed by atoms with Gasteiger partial charge in [0.25, 0.3) is 0 Å². The molecule has 6 heteroatoms. The summed E-state index contributed by atoms with van der Waals surface area (Å²) in [6.07, 6.45) is 1.13. The first kappa shape index (κ1) is 14.8. The van der Waals surface area contributed by atoms with Gasteiger partial charge in [-0.25, -0.2) is 8.42 Å². The lowest BCUT2D eigenvalue weighted by Gasteiger charge is -2.01. The van der Waals surface area contributed by atoms with Crippen LogP contribution in [0.3, 0.4) is 0 Å². The summed E-state index contributed by atoms with van der Waals surface area (Å²) in [5.41, 5.74) is 1.64. The molecule has 112 valence electrons. The first-order valence-corrected chi connectivity index (χ1v) is 8.74. The standard InChI is InChI=1S/C16H12ClNO3S/c1-22(20,21)13-6-3-10(4-7-13)16(19)15-8-11-2-5-12(17)9-14(11)18-15/h2-9,18H,1H3. The van der Waals surface area contributed by atoms with E-state index >= 15 is 0 Å². The number of carbonyl (C=O) groups is 1. The number of nitrogens with one attached hydrogen (secondary N) is 1. The van der Waals surface area contributed by atoms with E-state index in [0.717, 1.165) is 17.2 Å². The van der Waals surface area contributed by atoms with Gasteiger partial charge in [0.1, 0.15) is 0 Å². The van der Waals surface area contributed by atoms with Gasteiger partial charge in [0, 0.05) is 27.7 Å². The van der Waals surface area contributed by atoms with Crippen LogP contribution in [0.15, 0.2) is 53.4 Å². The van der Waals surface area contributed by atoms with Gasteiger partial charge in [-0.05, 0) is 42.5 Å². The van der Waals surface area contributed by atoms with E-state index in [0.29, 0.717) is 16.3 Å². The van der Waals surface area contributed by atoms with Gasteiger partial charge in [-0.2, -0.15) is 0 Å². The van der Waals surface area contributed by atoms with Crippen molar-refractivity contribution in [3.63, 3.8) is 0 Å². The molecule has 0 fully saturated rings. The Hall–Kier alpha value is -2.11. The fraction of sp³-hybridized carbons (Fsp3) is 0.0625. The van der Waals surface area contributed by atoms with Crippen molar-refractivity contribution in [1.82, 2.24) is 4.98 Å². The Morgan fingerprint density at radius 3 is 2.36 bits per heavy atom. The highest BCUT2D eigenvalue weighted by atomic mass is 35.5. The first-order valence-electron chi connectivity index (χ1n) is 6.48. The van der Waals surface area contributed by atoms with Gasteiger partial charge in [-0.15, -0.1) is 0 Å². The lowest BCUT2D eigenvalue weighted by Crippen LogP contribution is -2.03. The normalized spacial score (nSPS) is 11.7. The van der Waals surface area contributed by atoms with Gasteiger partial charge in [-0.1, -0.05) is 17.7 Å². The smallest absolute Gasteiger partial charge is 0.209 e. The third kappa shape index (κ3) is 2.77. The first-order chi connectivity index (χ1) is 10.3. The minimum atomic E-state index is -3.27. The Morgan fingerprint density at radius 2 is 1.73 bits per heavy atom. The molecule has 2 aromatic carbocycles. The molecule has 3 aromatic rings. The van der Waals surface area contributed by atoms with Crippen molar-refractivity contribution in [2.24, 2.45) is 0 Å². The van der Waals surface area contributed by atoms with Crippen molar-refractivity contribution in [3.05, 3.63) is 64.8 Å². The molecule has 0 radical (unpaired) electrons. The number of carbonyl (C=O) groups excluding carboxylic acids is 1. The van der Waals surface area contributed by atoms with E-state index in [9.17, 15) is 13.2 Å². The van der Waals surface area contributed by atoms with E-state index < -0.39 is 9.84 Å².